The van der Waals surface area contributed by atoms with Gasteiger partial charge in [0, 0.05) is 6.20 Å². The lowest BCUT2D eigenvalue weighted by Gasteiger charge is -2.04. The van der Waals surface area contributed by atoms with Gasteiger partial charge in [-0.15, -0.1) is 0 Å². The average molecular weight is 189 g/mol. The van der Waals surface area contributed by atoms with Crippen LogP contribution in [-0.4, -0.2) is 17.2 Å². The molecule has 1 aromatic heterocycles. The maximum Gasteiger partial charge on any atom is 0.299 e. The third-order valence-electron chi connectivity index (χ3n) is 1.41. The molecule has 0 spiro atoms. The van der Waals surface area contributed by atoms with E-state index in [9.17, 15) is 18.0 Å². The third kappa shape index (κ3) is 2.27. The van der Waals surface area contributed by atoms with E-state index >= 15 is 0 Å². The first-order valence-corrected chi connectivity index (χ1v) is 3.50. The lowest BCUT2D eigenvalue weighted by molar-refractivity contribution is -0.135. The van der Waals surface area contributed by atoms with Gasteiger partial charge in [-0.2, -0.15) is 0 Å². The topological polar surface area (TPSA) is 30.0 Å². The van der Waals surface area contributed by atoms with E-state index in [-0.39, 0.29) is 5.69 Å². The van der Waals surface area contributed by atoms with Crippen molar-refractivity contribution in [3.63, 3.8) is 0 Å². The molecule has 0 aliphatic rings. The standard InChI is InChI=1S/C8H6F3NO/c9-6(7(13)8(10)11)5-3-1-2-4-12-5/h1-4,6,8H. The predicted molar refractivity (Wildman–Crippen MR) is 39.1 cm³/mol. The normalized spacial score (nSPS) is 12.9. The summed E-state index contributed by atoms with van der Waals surface area (Å²) in [5, 5.41) is 0. The number of alkyl halides is 3. The van der Waals surface area contributed by atoms with Gasteiger partial charge in [-0.3, -0.25) is 9.78 Å². The van der Waals surface area contributed by atoms with Crippen molar-refractivity contribution in [2.24, 2.45) is 0 Å². The highest BCUT2D eigenvalue weighted by molar-refractivity contribution is 5.86. The van der Waals surface area contributed by atoms with E-state index in [4.69, 9.17) is 0 Å². The van der Waals surface area contributed by atoms with Crippen molar-refractivity contribution in [2.45, 2.75) is 12.6 Å². The first kappa shape index (κ1) is 9.70. The average Bonchev–Trinajstić information content (AvgIpc) is 2.17. The summed E-state index contributed by atoms with van der Waals surface area (Å²) in [5.41, 5.74) is -0.284. The highest BCUT2D eigenvalue weighted by atomic mass is 19.3. The SMILES string of the molecule is O=C(C(F)F)C(F)c1ccccn1. The molecule has 1 unspecified atom stereocenters. The van der Waals surface area contributed by atoms with Crippen molar-refractivity contribution >= 4 is 5.78 Å². The van der Waals surface area contributed by atoms with Crippen LogP contribution in [0.15, 0.2) is 24.4 Å². The van der Waals surface area contributed by atoms with Crippen LogP contribution in [0.25, 0.3) is 0 Å². The summed E-state index contributed by atoms with van der Waals surface area (Å²) in [7, 11) is 0. The number of rotatable bonds is 3. The fraction of sp³-hybridized carbons (Fsp3) is 0.250. The number of pyridine rings is 1. The number of nitrogens with zero attached hydrogens (tertiary/aromatic N) is 1. The van der Waals surface area contributed by atoms with Gasteiger partial charge in [-0.05, 0) is 12.1 Å². The van der Waals surface area contributed by atoms with Gasteiger partial charge in [-0.1, -0.05) is 6.07 Å². The molecule has 70 valence electrons. The van der Waals surface area contributed by atoms with E-state index in [0.29, 0.717) is 0 Å². The summed E-state index contributed by atoms with van der Waals surface area (Å²) < 4.78 is 36.4. The Morgan fingerprint density at radius 3 is 2.46 bits per heavy atom. The zero-order chi connectivity index (χ0) is 9.84. The molecule has 0 N–H and O–H groups in total. The van der Waals surface area contributed by atoms with Crippen LogP contribution in [0.3, 0.4) is 0 Å². The van der Waals surface area contributed by atoms with Gasteiger partial charge in [-0.25, -0.2) is 13.2 Å². The molecule has 0 fully saturated rings. The minimum Gasteiger partial charge on any atom is -0.289 e. The molecule has 13 heavy (non-hydrogen) atoms. The maximum absolute atomic E-state index is 12.9. The van der Waals surface area contributed by atoms with Crippen LogP contribution in [0.2, 0.25) is 0 Å². The molecule has 0 aliphatic carbocycles. The predicted octanol–water partition coefficient (Wildman–Crippen LogP) is 1.93. The third-order valence-corrected chi connectivity index (χ3v) is 1.41. The Labute approximate surface area is 72.4 Å². The fourth-order valence-electron chi connectivity index (χ4n) is 0.782. The maximum atomic E-state index is 12.9. The highest BCUT2D eigenvalue weighted by Crippen LogP contribution is 2.18. The van der Waals surface area contributed by atoms with Gasteiger partial charge in [0.2, 0.25) is 12.0 Å². The number of carbonyl (C=O) groups is 1. The van der Waals surface area contributed by atoms with Crippen molar-refractivity contribution in [3.8, 4) is 0 Å². The second kappa shape index (κ2) is 4.02. The first-order chi connectivity index (χ1) is 6.13. The van der Waals surface area contributed by atoms with Crippen molar-refractivity contribution in [1.29, 1.82) is 0 Å². The largest absolute Gasteiger partial charge is 0.299 e. The van der Waals surface area contributed by atoms with Crippen LogP contribution >= 0.6 is 0 Å². The Hall–Kier alpha value is -1.39. The van der Waals surface area contributed by atoms with Crippen LogP contribution in [0.1, 0.15) is 11.9 Å². The lowest BCUT2D eigenvalue weighted by Crippen LogP contribution is -2.17. The highest BCUT2D eigenvalue weighted by Gasteiger charge is 2.28. The molecule has 0 aliphatic heterocycles. The van der Waals surface area contributed by atoms with E-state index in [1.807, 2.05) is 0 Å². The van der Waals surface area contributed by atoms with Crippen molar-refractivity contribution in [1.82, 2.24) is 4.98 Å². The van der Waals surface area contributed by atoms with E-state index in [0.717, 1.165) is 0 Å². The summed E-state index contributed by atoms with van der Waals surface area (Å²) in [5.74, 6) is -1.75. The molecule has 1 heterocycles. The van der Waals surface area contributed by atoms with Crippen molar-refractivity contribution in [2.75, 3.05) is 0 Å². The van der Waals surface area contributed by atoms with Crippen LogP contribution in [-0.2, 0) is 4.79 Å². The smallest absolute Gasteiger partial charge is 0.289 e. The number of halogens is 3. The molecule has 0 saturated carbocycles. The Bertz CT molecular complexity index is 289. The Morgan fingerprint density at radius 2 is 2.00 bits per heavy atom. The van der Waals surface area contributed by atoms with Crippen LogP contribution < -0.4 is 0 Å². The molecule has 5 heteroatoms. The molecule has 0 amide bonds. The van der Waals surface area contributed by atoms with Gasteiger partial charge in [0.1, 0.15) is 0 Å². The zero-order valence-electron chi connectivity index (χ0n) is 6.45. The van der Waals surface area contributed by atoms with Crippen LogP contribution in [0.5, 0.6) is 0 Å². The lowest BCUT2D eigenvalue weighted by atomic mass is 10.2. The Balaban J connectivity index is 2.80. The van der Waals surface area contributed by atoms with Crippen molar-refractivity contribution in [3.05, 3.63) is 30.1 Å². The molecule has 1 rings (SSSR count). The molecule has 1 atom stereocenters. The van der Waals surface area contributed by atoms with Gasteiger partial charge in [0.15, 0.2) is 0 Å². The van der Waals surface area contributed by atoms with Gasteiger partial charge >= 0.3 is 0 Å². The molecule has 2 nitrogen and oxygen atoms in total. The number of Topliss-reactive ketones (excluding diaryl/α,β-unsaturated/α-hetero) is 1. The fourth-order valence-corrected chi connectivity index (χ4v) is 0.782. The molecule has 0 aromatic carbocycles. The molecule has 0 bridgehead atoms. The van der Waals surface area contributed by atoms with Gasteiger partial charge in [0.25, 0.3) is 6.43 Å². The second-order valence-electron chi connectivity index (χ2n) is 2.32. The summed E-state index contributed by atoms with van der Waals surface area (Å²) in [6, 6.07) is 4.11. The number of aromatic nitrogens is 1. The summed E-state index contributed by atoms with van der Waals surface area (Å²) >= 11 is 0. The number of ketones is 1. The first-order valence-electron chi connectivity index (χ1n) is 3.50. The minimum absolute atomic E-state index is 0.284. The Kier molecular flexibility index (Phi) is 3.00. The zero-order valence-corrected chi connectivity index (χ0v) is 6.45. The van der Waals surface area contributed by atoms with Crippen LogP contribution in [0.4, 0.5) is 13.2 Å². The monoisotopic (exact) mass is 189 g/mol. The molecule has 1 aromatic rings. The summed E-state index contributed by atoms with van der Waals surface area (Å²) in [6.07, 6.45) is -4.39. The molecule has 0 saturated heterocycles. The van der Waals surface area contributed by atoms with E-state index in [1.54, 1.807) is 0 Å². The molecular weight excluding hydrogens is 183 g/mol. The van der Waals surface area contributed by atoms with Gasteiger partial charge < -0.3 is 0 Å². The minimum atomic E-state index is -3.29. The Morgan fingerprint density at radius 1 is 1.31 bits per heavy atom. The summed E-state index contributed by atoms with van der Waals surface area (Å²) in [4.78, 5) is 13.9. The number of hydrogen-bond acceptors (Lipinski definition) is 2. The number of carbonyl (C=O) groups excluding carboxylic acids is 1. The van der Waals surface area contributed by atoms with Crippen molar-refractivity contribution < 1.29 is 18.0 Å². The molecule has 0 radical (unpaired) electrons. The summed E-state index contributed by atoms with van der Waals surface area (Å²) in [6.45, 7) is 0. The second-order valence-corrected chi connectivity index (χ2v) is 2.32. The number of hydrogen-bond donors (Lipinski definition) is 0. The van der Waals surface area contributed by atoms with Crippen LogP contribution in [0, 0.1) is 0 Å². The quantitative estimate of drug-likeness (QED) is 0.727. The van der Waals surface area contributed by atoms with E-state index in [2.05, 4.69) is 4.98 Å². The van der Waals surface area contributed by atoms with E-state index < -0.39 is 18.4 Å². The molecular formula is C8H6F3NO. The van der Waals surface area contributed by atoms with Gasteiger partial charge in [0.05, 0.1) is 5.69 Å². The van der Waals surface area contributed by atoms with E-state index in [1.165, 1.54) is 24.4 Å².